The summed E-state index contributed by atoms with van der Waals surface area (Å²) in [5, 5.41) is 2.80. The fourth-order valence-electron chi connectivity index (χ4n) is 6.03. The summed E-state index contributed by atoms with van der Waals surface area (Å²) in [5.74, 6) is 0.620. The minimum atomic E-state index is -0.574. The van der Waals surface area contributed by atoms with E-state index in [2.05, 4.69) is 39.2 Å². The number of hydrogen-bond donors (Lipinski definition) is 1. The zero-order chi connectivity index (χ0) is 24.4. The molecule has 4 aliphatic rings. The first kappa shape index (κ1) is 23.8. The lowest BCUT2D eigenvalue weighted by atomic mass is 9.85. The van der Waals surface area contributed by atoms with Gasteiger partial charge in [-0.05, 0) is 36.8 Å². The first-order valence-corrected chi connectivity index (χ1v) is 12.9. The number of amides is 3. The lowest BCUT2D eigenvalue weighted by Gasteiger charge is -2.37. The summed E-state index contributed by atoms with van der Waals surface area (Å²) < 4.78 is 5.78. The Bertz CT molecular complexity index is 932. The van der Waals surface area contributed by atoms with E-state index in [4.69, 9.17) is 4.74 Å². The maximum atomic E-state index is 13.2. The maximum absolute atomic E-state index is 13.2. The third-order valence-corrected chi connectivity index (χ3v) is 7.83. The predicted molar refractivity (Wildman–Crippen MR) is 131 cm³/mol. The molecule has 2 aliphatic carbocycles. The van der Waals surface area contributed by atoms with Crippen molar-refractivity contribution in [3.63, 3.8) is 0 Å². The Hall–Kier alpha value is -2.94. The molecule has 1 N–H and O–H groups in total. The van der Waals surface area contributed by atoms with Crippen molar-refractivity contribution < 1.29 is 19.1 Å². The molecule has 0 radical (unpaired) electrons. The van der Waals surface area contributed by atoms with Gasteiger partial charge >= 0.3 is 6.09 Å². The summed E-state index contributed by atoms with van der Waals surface area (Å²) in [7, 11) is 0. The van der Waals surface area contributed by atoms with Crippen molar-refractivity contribution in [1.29, 1.82) is 0 Å². The van der Waals surface area contributed by atoms with Gasteiger partial charge in [0, 0.05) is 45.5 Å². The van der Waals surface area contributed by atoms with Crippen LogP contribution in [0.3, 0.4) is 0 Å². The summed E-state index contributed by atoms with van der Waals surface area (Å²) in [6.07, 6.45) is 7.67. The molecule has 188 valence electrons. The van der Waals surface area contributed by atoms with Crippen LogP contribution < -0.4 is 10.2 Å². The summed E-state index contributed by atoms with van der Waals surface area (Å²) >= 11 is 0. The second-order valence-corrected chi connectivity index (χ2v) is 10.1. The Labute approximate surface area is 206 Å². The monoisotopic (exact) mass is 481 g/mol. The van der Waals surface area contributed by atoms with E-state index < -0.39 is 12.2 Å². The van der Waals surface area contributed by atoms with Gasteiger partial charge in [0.25, 0.3) is 0 Å². The van der Waals surface area contributed by atoms with Crippen LogP contribution in [0.5, 0.6) is 0 Å². The van der Waals surface area contributed by atoms with Crippen LogP contribution in [0.25, 0.3) is 0 Å². The van der Waals surface area contributed by atoms with Crippen LogP contribution in [0, 0.1) is 23.7 Å². The average molecular weight is 482 g/mol. The molecular weight excluding hydrogens is 446 g/mol. The van der Waals surface area contributed by atoms with Gasteiger partial charge in [-0.1, -0.05) is 31.6 Å². The van der Waals surface area contributed by atoms with Crippen LogP contribution >= 0.6 is 0 Å². The van der Waals surface area contributed by atoms with E-state index in [1.54, 1.807) is 6.20 Å². The number of hydrogen-bond acceptors (Lipinski definition) is 7. The number of rotatable bonds is 9. The lowest BCUT2D eigenvalue weighted by Crippen LogP contribution is -2.52. The second-order valence-electron chi connectivity index (χ2n) is 10.1. The number of alkyl carbamates (subject to hydrolysis) is 1. The number of nitrogens with one attached hydrogen (secondary N) is 1. The molecule has 9 nitrogen and oxygen atoms in total. The first-order valence-electron chi connectivity index (χ1n) is 12.9. The molecule has 3 amide bonds. The van der Waals surface area contributed by atoms with Crippen LogP contribution in [0.4, 0.5) is 10.6 Å². The van der Waals surface area contributed by atoms with Gasteiger partial charge in [0.15, 0.2) is 0 Å². The molecule has 2 aliphatic heterocycles. The SMILES string of the molecule is CCCCNC(=O)OC(CN1CCN(c2ccccn2)CC1)CN1C(=O)C2C3C=CC(C3)C2C1=O. The van der Waals surface area contributed by atoms with Gasteiger partial charge in [-0.15, -0.1) is 0 Å². The van der Waals surface area contributed by atoms with E-state index in [1.807, 2.05) is 18.2 Å². The average Bonchev–Trinajstić information content (AvgIpc) is 3.55. The highest BCUT2D eigenvalue weighted by atomic mass is 16.6. The minimum absolute atomic E-state index is 0.100. The van der Waals surface area contributed by atoms with Crippen molar-refractivity contribution in [1.82, 2.24) is 20.1 Å². The zero-order valence-corrected chi connectivity index (χ0v) is 20.3. The van der Waals surface area contributed by atoms with Gasteiger partial charge in [-0.25, -0.2) is 9.78 Å². The zero-order valence-electron chi connectivity index (χ0n) is 20.3. The molecule has 35 heavy (non-hydrogen) atoms. The number of anilines is 1. The maximum Gasteiger partial charge on any atom is 0.407 e. The number of piperazine rings is 1. The van der Waals surface area contributed by atoms with E-state index >= 15 is 0 Å². The van der Waals surface area contributed by atoms with E-state index in [0.29, 0.717) is 13.1 Å². The molecule has 0 spiro atoms. The van der Waals surface area contributed by atoms with Crippen molar-refractivity contribution in [2.75, 3.05) is 50.7 Å². The number of imide groups is 1. The lowest BCUT2D eigenvalue weighted by molar-refractivity contribution is -0.142. The Morgan fingerprint density at radius 1 is 1.09 bits per heavy atom. The number of likely N-dealkylation sites (tertiary alicyclic amines) is 1. The number of fused-ring (bicyclic) bond motifs is 5. The molecule has 1 aromatic heterocycles. The smallest absolute Gasteiger partial charge is 0.407 e. The van der Waals surface area contributed by atoms with E-state index in [0.717, 1.165) is 51.3 Å². The summed E-state index contributed by atoms with van der Waals surface area (Å²) in [5.41, 5.74) is 0. The Balaban J connectivity index is 1.22. The Morgan fingerprint density at radius 3 is 2.43 bits per heavy atom. The number of carbonyl (C=O) groups is 3. The fraction of sp³-hybridized carbons (Fsp3) is 0.615. The highest BCUT2D eigenvalue weighted by Crippen LogP contribution is 2.52. The van der Waals surface area contributed by atoms with Crippen LogP contribution in [-0.2, 0) is 14.3 Å². The third-order valence-electron chi connectivity index (χ3n) is 7.83. The normalized spacial score (nSPS) is 28.5. The Morgan fingerprint density at radius 2 is 1.80 bits per heavy atom. The van der Waals surface area contributed by atoms with Gasteiger partial charge in [-0.3, -0.25) is 19.4 Å². The van der Waals surface area contributed by atoms with Crippen LogP contribution in [0.2, 0.25) is 0 Å². The number of carbonyl (C=O) groups excluding carboxylic acids is 3. The quantitative estimate of drug-likeness (QED) is 0.327. The molecule has 9 heteroatoms. The molecule has 1 aromatic rings. The minimum Gasteiger partial charge on any atom is -0.443 e. The van der Waals surface area contributed by atoms with E-state index in [-0.39, 0.29) is 42.0 Å². The number of ether oxygens (including phenoxy) is 1. The van der Waals surface area contributed by atoms with Crippen molar-refractivity contribution in [3.05, 3.63) is 36.5 Å². The number of aromatic nitrogens is 1. The molecule has 3 fully saturated rings. The number of unbranched alkanes of at least 4 members (excludes halogenated alkanes) is 1. The second kappa shape index (κ2) is 10.4. The Kier molecular flexibility index (Phi) is 7.04. The largest absolute Gasteiger partial charge is 0.443 e. The number of nitrogens with zero attached hydrogens (tertiary/aromatic N) is 4. The van der Waals surface area contributed by atoms with Crippen molar-refractivity contribution >= 4 is 23.7 Å². The van der Waals surface area contributed by atoms with Gasteiger partial charge in [0.05, 0.1) is 18.4 Å². The number of pyridine rings is 1. The van der Waals surface area contributed by atoms with Crippen LogP contribution in [0.1, 0.15) is 26.2 Å². The number of allylic oxidation sites excluding steroid dienone is 2. The van der Waals surface area contributed by atoms with Gasteiger partial charge < -0.3 is 15.0 Å². The van der Waals surface area contributed by atoms with Crippen LogP contribution in [-0.4, -0.2) is 84.6 Å². The standard InChI is InChI=1S/C26H35N5O4/c1-2-3-9-28-26(34)35-20(16-29-11-13-30(14-12-29)21-6-4-5-10-27-21)17-31-24(32)22-18-7-8-19(15-18)23(22)25(31)33/h4-8,10,18-20,22-23H,2-3,9,11-17H2,1H3,(H,28,34). The molecule has 3 heterocycles. The van der Waals surface area contributed by atoms with Crippen molar-refractivity contribution in [2.24, 2.45) is 23.7 Å². The first-order chi connectivity index (χ1) is 17.0. The fourth-order valence-corrected chi connectivity index (χ4v) is 6.03. The summed E-state index contributed by atoms with van der Waals surface area (Å²) in [6.45, 7) is 6.40. The molecule has 2 bridgehead atoms. The molecule has 0 aromatic carbocycles. The van der Waals surface area contributed by atoms with Crippen molar-refractivity contribution in [3.8, 4) is 0 Å². The van der Waals surface area contributed by atoms with Gasteiger partial charge in [-0.2, -0.15) is 0 Å². The van der Waals surface area contributed by atoms with Gasteiger partial charge in [0.1, 0.15) is 11.9 Å². The molecule has 5 rings (SSSR count). The molecule has 2 saturated heterocycles. The van der Waals surface area contributed by atoms with E-state index in [9.17, 15) is 14.4 Å². The van der Waals surface area contributed by atoms with Crippen molar-refractivity contribution in [2.45, 2.75) is 32.3 Å². The summed E-state index contributed by atoms with van der Waals surface area (Å²) in [4.78, 5) is 49.2. The van der Waals surface area contributed by atoms with E-state index in [1.165, 1.54) is 4.90 Å². The molecular formula is C26H35N5O4. The topological polar surface area (TPSA) is 95.1 Å². The van der Waals surface area contributed by atoms with Crippen LogP contribution in [0.15, 0.2) is 36.5 Å². The molecule has 5 unspecified atom stereocenters. The van der Waals surface area contributed by atoms with Gasteiger partial charge in [0.2, 0.25) is 11.8 Å². The highest BCUT2D eigenvalue weighted by Gasteiger charge is 2.59. The molecule has 5 atom stereocenters. The highest BCUT2D eigenvalue weighted by molar-refractivity contribution is 6.06. The predicted octanol–water partition coefficient (Wildman–Crippen LogP) is 1.91. The third kappa shape index (κ3) is 4.91. The summed E-state index contributed by atoms with van der Waals surface area (Å²) in [6, 6.07) is 5.90. The molecule has 1 saturated carbocycles.